The van der Waals surface area contributed by atoms with Gasteiger partial charge in [-0.2, -0.15) is 0 Å². The van der Waals surface area contributed by atoms with Gasteiger partial charge in [0, 0.05) is 11.1 Å². The van der Waals surface area contributed by atoms with Gasteiger partial charge in [-0.1, -0.05) is 25.5 Å². The molecule has 0 bridgehead atoms. The van der Waals surface area contributed by atoms with Gasteiger partial charge in [0.1, 0.15) is 18.0 Å². The lowest BCUT2D eigenvalue weighted by molar-refractivity contribution is 0.629. The molecule has 1 aromatic heterocycles. The van der Waals surface area contributed by atoms with Gasteiger partial charge in [-0.3, -0.25) is 0 Å². The third-order valence-corrected chi connectivity index (χ3v) is 2.87. The summed E-state index contributed by atoms with van der Waals surface area (Å²) < 4.78 is 13.9. The van der Waals surface area contributed by atoms with E-state index in [1.807, 2.05) is 20.8 Å². The minimum Gasteiger partial charge on any atom is -0.383 e. The smallest absolute Gasteiger partial charge is 0.132 e. The minimum atomic E-state index is -0.291. The van der Waals surface area contributed by atoms with E-state index < -0.39 is 0 Å². The second-order valence-corrected chi connectivity index (χ2v) is 4.66. The van der Waals surface area contributed by atoms with Gasteiger partial charge in [0.15, 0.2) is 0 Å². The van der Waals surface area contributed by atoms with Gasteiger partial charge < -0.3 is 5.73 Å². The Bertz CT molecular complexity index is 579. The summed E-state index contributed by atoms with van der Waals surface area (Å²) in [6, 6.07) is 4.97. The molecule has 0 atom stereocenters. The highest BCUT2D eigenvalue weighted by molar-refractivity contribution is 5.69. The molecule has 0 spiro atoms. The molecular formula is C14H16FN3. The lowest BCUT2D eigenvalue weighted by Gasteiger charge is -2.14. The first-order valence-electron chi connectivity index (χ1n) is 5.87. The molecule has 0 aliphatic rings. The van der Waals surface area contributed by atoms with E-state index in [-0.39, 0.29) is 11.7 Å². The summed E-state index contributed by atoms with van der Waals surface area (Å²) in [5.74, 6) is 0.262. The van der Waals surface area contributed by atoms with Gasteiger partial charge in [0.05, 0.1) is 5.69 Å². The lowest BCUT2D eigenvalue weighted by atomic mass is 9.96. The number of nitrogens with two attached hydrogens (primary N) is 1. The summed E-state index contributed by atoms with van der Waals surface area (Å²) in [7, 11) is 0. The molecule has 18 heavy (non-hydrogen) atoms. The molecular weight excluding hydrogens is 229 g/mol. The molecule has 2 N–H and O–H groups in total. The van der Waals surface area contributed by atoms with Crippen LogP contribution in [0.3, 0.4) is 0 Å². The van der Waals surface area contributed by atoms with Gasteiger partial charge in [0.2, 0.25) is 0 Å². The topological polar surface area (TPSA) is 51.8 Å². The van der Waals surface area contributed by atoms with Crippen LogP contribution < -0.4 is 5.73 Å². The highest BCUT2D eigenvalue weighted by atomic mass is 19.1. The van der Waals surface area contributed by atoms with Crippen molar-refractivity contribution in [2.45, 2.75) is 26.7 Å². The molecule has 0 saturated heterocycles. The van der Waals surface area contributed by atoms with Crippen molar-refractivity contribution < 1.29 is 4.39 Å². The number of benzene rings is 1. The van der Waals surface area contributed by atoms with E-state index >= 15 is 0 Å². The molecule has 2 aromatic rings. The Balaban J connectivity index is 2.71. The molecule has 0 aliphatic heterocycles. The van der Waals surface area contributed by atoms with Crippen molar-refractivity contribution in [3.8, 4) is 11.3 Å². The van der Waals surface area contributed by atoms with E-state index in [1.165, 1.54) is 12.4 Å². The molecule has 3 nitrogen and oxygen atoms in total. The standard InChI is InChI=1S/C14H16FN3/c1-8(2)12-13(17-7-18-14(12)16)10-6-9(3)4-5-11(10)15/h4-8H,1-3H3,(H2,16,17,18). The van der Waals surface area contributed by atoms with Crippen molar-refractivity contribution in [1.82, 2.24) is 9.97 Å². The van der Waals surface area contributed by atoms with Crippen LogP contribution in [-0.2, 0) is 0 Å². The predicted molar refractivity (Wildman–Crippen MR) is 70.7 cm³/mol. The van der Waals surface area contributed by atoms with Crippen LogP contribution >= 0.6 is 0 Å². The molecule has 4 heteroatoms. The zero-order chi connectivity index (χ0) is 13.3. The lowest BCUT2D eigenvalue weighted by Crippen LogP contribution is -2.05. The van der Waals surface area contributed by atoms with Crippen LogP contribution in [0.15, 0.2) is 24.5 Å². The average molecular weight is 245 g/mol. The zero-order valence-electron chi connectivity index (χ0n) is 10.7. The normalized spacial score (nSPS) is 10.9. The number of rotatable bonds is 2. The number of aryl methyl sites for hydroxylation is 1. The van der Waals surface area contributed by atoms with Crippen LogP contribution in [0, 0.1) is 12.7 Å². The van der Waals surface area contributed by atoms with Crippen LogP contribution in [0.1, 0.15) is 30.9 Å². The maximum atomic E-state index is 13.9. The van der Waals surface area contributed by atoms with Crippen molar-refractivity contribution in [3.63, 3.8) is 0 Å². The van der Waals surface area contributed by atoms with Crippen molar-refractivity contribution in [2.24, 2.45) is 0 Å². The maximum absolute atomic E-state index is 13.9. The molecule has 0 amide bonds. The Morgan fingerprint density at radius 2 is 1.94 bits per heavy atom. The first-order valence-corrected chi connectivity index (χ1v) is 5.87. The number of halogens is 1. The molecule has 0 saturated carbocycles. The van der Waals surface area contributed by atoms with Crippen molar-refractivity contribution in [1.29, 1.82) is 0 Å². The number of anilines is 1. The van der Waals surface area contributed by atoms with E-state index in [0.29, 0.717) is 17.1 Å². The third kappa shape index (κ3) is 2.18. The Hall–Kier alpha value is -1.97. The summed E-state index contributed by atoms with van der Waals surface area (Å²) >= 11 is 0. The molecule has 1 heterocycles. The summed E-state index contributed by atoms with van der Waals surface area (Å²) in [6.07, 6.45) is 1.37. The molecule has 1 aromatic carbocycles. The Morgan fingerprint density at radius 3 is 2.61 bits per heavy atom. The fourth-order valence-electron chi connectivity index (χ4n) is 2.01. The average Bonchev–Trinajstić information content (AvgIpc) is 2.31. The molecule has 94 valence electrons. The van der Waals surface area contributed by atoms with E-state index in [9.17, 15) is 4.39 Å². The fourth-order valence-corrected chi connectivity index (χ4v) is 2.01. The number of hydrogen-bond acceptors (Lipinski definition) is 3. The van der Waals surface area contributed by atoms with Crippen molar-refractivity contribution in [2.75, 3.05) is 5.73 Å². The molecule has 2 rings (SSSR count). The minimum absolute atomic E-state index is 0.140. The highest BCUT2D eigenvalue weighted by Gasteiger charge is 2.17. The van der Waals surface area contributed by atoms with E-state index in [2.05, 4.69) is 9.97 Å². The van der Waals surface area contributed by atoms with Gasteiger partial charge in [-0.15, -0.1) is 0 Å². The van der Waals surface area contributed by atoms with Crippen molar-refractivity contribution in [3.05, 3.63) is 41.5 Å². The van der Waals surface area contributed by atoms with E-state index in [0.717, 1.165) is 11.1 Å². The van der Waals surface area contributed by atoms with Crippen LogP contribution in [0.4, 0.5) is 10.2 Å². The summed E-state index contributed by atoms with van der Waals surface area (Å²) in [4.78, 5) is 8.18. The first kappa shape index (κ1) is 12.5. The summed E-state index contributed by atoms with van der Waals surface area (Å²) in [6.45, 7) is 5.90. The van der Waals surface area contributed by atoms with Gasteiger partial charge in [-0.05, 0) is 25.0 Å². The molecule has 0 radical (unpaired) electrons. The van der Waals surface area contributed by atoms with E-state index in [4.69, 9.17) is 5.73 Å². The monoisotopic (exact) mass is 245 g/mol. The van der Waals surface area contributed by atoms with Gasteiger partial charge in [0.25, 0.3) is 0 Å². The number of nitrogens with zero attached hydrogens (tertiary/aromatic N) is 2. The second-order valence-electron chi connectivity index (χ2n) is 4.66. The predicted octanol–water partition coefficient (Wildman–Crippen LogP) is 3.30. The first-order chi connectivity index (χ1) is 8.50. The van der Waals surface area contributed by atoms with Crippen LogP contribution in [0.5, 0.6) is 0 Å². The highest BCUT2D eigenvalue weighted by Crippen LogP contribution is 2.32. The van der Waals surface area contributed by atoms with Gasteiger partial charge >= 0.3 is 0 Å². The van der Waals surface area contributed by atoms with Crippen LogP contribution in [-0.4, -0.2) is 9.97 Å². The van der Waals surface area contributed by atoms with Crippen molar-refractivity contribution >= 4 is 5.82 Å². The third-order valence-electron chi connectivity index (χ3n) is 2.87. The van der Waals surface area contributed by atoms with Crippen LogP contribution in [0.25, 0.3) is 11.3 Å². The summed E-state index contributed by atoms with van der Waals surface area (Å²) in [5, 5.41) is 0. The van der Waals surface area contributed by atoms with E-state index in [1.54, 1.807) is 12.1 Å². The second kappa shape index (κ2) is 4.72. The number of aromatic nitrogens is 2. The molecule has 0 fully saturated rings. The number of hydrogen-bond donors (Lipinski definition) is 1. The zero-order valence-corrected chi connectivity index (χ0v) is 10.7. The number of nitrogen functional groups attached to an aromatic ring is 1. The molecule has 0 aliphatic carbocycles. The Labute approximate surface area is 106 Å². The Morgan fingerprint density at radius 1 is 1.22 bits per heavy atom. The van der Waals surface area contributed by atoms with Crippen LogP contribution in [0.2, 0.25) is 0 Å². The quantitative estimate of drug-likeness (QED) is 0.883. The maximum Gasteiger partial charge on any atom is 0.132 e. The SMILES string of the molecule is Cc1ccc(F)c(-c2ncnc(N)c2C(C)C)c1. The summed E-state index contributed by atoms with van der Waals surface area (Å²) in [5.41, 5.74) is 8.71. The molecule has 0 unspecified atom stereocenters. The largest absolute Gasteiger partial charge is 0.383 e. The fraction of sp³-hybridized carbons (Fsp3) is 0.286. The Kier molecular flexibility index (Phi) is 3.28. The van der Waals surface area contributed by atoms with Gasteiger partial charge in [-0.25, -0.2) is 14.4 Å².